The third-order valence-electron chi connectivity index (χ3n) is 2.40. The summed E-state index contributed by atoms with van der Waals surface area (Å²) in [6, 6.07) is 3.47. The number of methoxy groups -OCH3 is 1. The SMILES string of the molecule is CCC(C)(OC)C(=O)c1ccc(Cl)s1. The van der Waals surface area contributed by atoms with E-state index in [-0.39, 0.29) is 5.78 Å². The normalized spacial score (nSPS) is 15.1. The Morgan fingerprint density at radius 3 is 2.64 bits per heavy atom. The third-order valence-corrected chi connectivity index (χ3v) is 3.63. The van der Waals surface area contributed by atoms with Gasteiger partial charge in [-0.3, -0.25) is 4.79 Å². The lowest BCUT2D eigenvalue weighted by molar-refractivity contribution is 0.0110. The molecule has 1 heterocycles. The van der Waals surface area contributed by atoms with Gasteiger partial charge in [-0.1, -0.05) is 18.5 Å². The Hall–Kier alpha value is -0.380. The van der Waals surface area contributed by atoms with Crippen LogP contribution in [-0.4, -0.2) is 18.5 Å². The minimum Gasteiger partial charge on any atom is -0.370 e. The van der Waals surface area contributed by atoms with Gasteiger partial charge in [-0.15, -0.1) is 11.3 Å². The van der Waals surface area contributed by atoms with Gasteiger partial charge in [-0.25, -0.2) is 0 Å². The molecular formula is C10H13ClO2S. The van der Waals surface area contributed by atoms with Crippen LogP contribution in [0.15, 0.2) is 12.1 Å². The van der Waals surface area contributed by atoms with Crippen LogP contribution in [0.5, 0.6) is 0 Å². The fourth-order valence-electron chi connectivity index (χ4n) is 1.09. The number of carbonyl (C=O) groups is 1. The van der Waals surface area contributed by atoms with E-state index in [4.69, 9.17) is 16.3 Å². The van der Waals surface area contributed by atoms with E-state index >= 15 is 0 Å². The lowest BCUT2D eigenvalue weighted by atomic mass is 9.96. The summed E-state index contributed by atoms with van der Waals surface area (Å²) in [6.45, 7) is 3.72. The first-order valence-corrected chi connectivity index (χ1v) is 5.58. The van der Waals surface area contributed by atoms with Crippen molar-refractivity contribution in [3.8, 4) is 0 Å². The number of Topliss-reactive ketones (excluding diaryl/α,β-unsaturated/α-hetero) is 1. The zero-order chi connectivity index (χ0) is 10.8. The number of rotatable bonds is 4. The van der Waals surface area contributed by atoms with Crippen LogP contribution in [0.3, 0.4) is 0 Å². The molecule has 0 fully saturated rings. The van der Waals surface area contributed by atoms with Gasteiger partial charge in [0, 0.05) is 7.11 Å². The van der Waals surface area contributed by atoms with Crippen LogP contribution in [0, 0.1) is 0 Å². The smallest absolute Gasteiger partial charge is 0.204 e. The van der Waals surface area contributed by atoms with E-state index < -0.39 is 5.60 Å². The molecule has 0 saturated heterocycles. The highest BCUT2D eigenvalue weighted by Crippen LogP contribution is 2.27. The molecule has 2 nitrogen and oxygen atoms in total. The Bertz CT molecular complexity index is 329. The van der Waals surface area contributed by atoms with Crippen LogP contribution in [0.1, 0.15) is 29.9 Å². The molecule has 0 amide bonds. The Labute approximate surface area is 92.8 Å². The molecular weight excluding hydrogens is 220 g/mol. The summed E-state index contributed by atoms with van der Waals surface area (Å²) >= 11 is 7.06. The van der Waals surface area contributed by atoms with Crippen molar-refractivity contribution in [3.63, 3.8) is 0 Å². The van der Waals surface area contributed by atoms with Crippen molar-refractivity contribution >= 4 is 28.7 Å². The minimum atomic E-state index is -0.728. The number of hydrogen-bond acceptors (Lipinski definition) is 3. The molecule has 4 heteroatoms. The number of halogens is 1. The summed E-state index contributed by atoms with van der Waals surface area (Å²) in [5, 5.41) is 0. The predicted octanol–water partition coefficient (Wildman–Crippen LogP) is 3.40. The van der Waals surface area contributed by atoms with E-state index in [0.29, 0.717) is 15.6 Å². The van der Waals surface area contributed by atoms with Gasteiger partial charge in [0.25, 0.3) is 0 Å². The van der Waals surface area contributed by atoms with Gasteiger partial charge >= 0.3 is 0 Å². The summed E-state index contributed by atoms with van der Waals surface area (Å²) < 4.78 is 5.85. The van der Waals surface area contributed by atoms with Gasteiger partial charge in [-0.2, -0.15) is 0 Å². The quantitative estimate of drug-likeness (QED) is 0.744. The van der Waals surface area contributed by atoms with Gasteiger partial charge in [0.2, 0.25) is 5.78 Å². The van der Waals surface area contributed by atoms with Crippen LogP contribution in [-0.2, 0) is 4.74 Å². The first-order valence-electron chi connectivity index (χ1n) is 4.39. The van der Waals surface area contributed by atoms with E-state index in [1.54, 1.807) is 26.2 Å². The maximum atomic E-state index is 12.0. The van der Waals surface area contributed by atoms with Crippen molar-refractivity contribution in [1.29, 1.82) is 0 Å². The molecule has 0 aliphatic carbocycles. The number of ketones is 1. The summed E-state index contributed by atoms with van der Waals surface area (Å²) in [5.41, 5.74) is -0.728. The van der Waals surface area contributed by atoms with Gasteiger partial charge < -0.3 is 4.74 Å². The second kappa shape index (κ2) is 4.43. The molecule has 1 unspecified atom stereocenters. The van der Waals surface area contributed by atoms with E-state index in [0.717, 1.165) is 0 Å². The van der Waals surface area contributed by atoms with Gasteiger partial charge in [0.05, 0.1) is 9.21 Å². The highest BCUT2D eigenvalue weighted by atomic mass is 35.5. The Morgan fingerprint density at radius 2 is 2.29 bits per heavy atom. The van der Waals surface area contributed by atoms with Crippen molar-refractivity contribution in [2.45, 2.75) is 25.9 Å². The second-order valence-corrected chi connectivity index (χ2v) is 4.94. The predicted molar refractivity (Wildman–Crippen MR) is 59.4 cm³/mol. The van der Waals surface area contributed by atoms with Crippen LogP contribution < -0.4 is 0 Å². The van der Waals surface area contributed by atoms with E-state index in [1.807, 2.05) is 6.92 Å². The largest absolute Gasteiger partial charge is 0.370 e. The number of hydrogen-bond donors (Lipinski definition) is 0. The maximum absolute atomic E-state index is 12.0. The first kappa shape index (κ1) is 11.7. The molecule has 1 aromatic heterocycles. The maximum Gasteiger partial charge on any atom is 0.204 e. The van der Waals surface area contributed by atoms with Crippen molar-refractivity contribution < 1.29 is 9.53 Å². The van der Waals surface area contributed by atoms with Crippen molar-refractivity contribution in [1.82, 2.24) is 0 Å². The Balaban J connectivity index is 2.94. The van der Waals surface area contributed by atoms with Crippen LogP contribution in [0.25, 0.3) is 0 Å². The number of carbonyl (C=O) groups excluding carboxylic acids is 1. The van der Waals surface area contributed by atoms with E-state index in [1.165, 1.54) is 11.3 Å². The Kier molecular flexibility index (Phi) is 3.70. The molecule has 0 saturated carbocycles. The molecule has 0 radical (unpaired) electrons. The van der Waals surface area contributed by atoms with Gasteiger partial charge in [0.15, 0.2) is 0 Å². The standard InChI is InChI=1S/C10H13ClO2S/c1-4-10(2,13-3)9(12)7-5-6-8(11)14-7/h5-6H,4H2,1-3H3. The zero-order valence-corrected chi connectivity index (χ0v) is 10.0. The molecule has 0 bridgehead atoms. The lowest BCUT2D eigenvalue weighted by Crippen LogP contribution is -2.36. The molecule has 0 aliphatic rings. The number of ether oxygens (including phenoxy) is 1. The molecule has 0 N–H and O–H groups in total. The minimum absolute atomic E-state index is 0.000556. The number of thiophene rings is 1. The van der Waals surface area contributed by atoms with Crippen molar-refractivity contribution in [2.75, 3.05) is 7.11 Å². The average Bonchev–Trinajstić information content (AvgIpc) is 2.62. The Morgan fingerprint density at radius 1 is 1.64 bits per heavy atom. The molecule has 78 valence electrons. The fraction of sp³-hybridized carbons (Fsp3) is 0.500. The zero-order valence-electron chi connectivity index (χ0n) is 8.46. The highest BCUT2D eigenvalue weighted by Gasteiger charge is 2.32. The topological polar surface area (TPSA) is 26.3 Å². The molecule has 1 rings (SSSR count). The molecule has 14 heavy (non-hydrogen) atoms. The average molecular weight is 233 g/mol. The van der Waals surface area contributed by atoms with Crippen LogP contribution in [0.2, 0.25) is 4.34 Å². The van der Waals surface area contributed by atoms with Crippen molar-refractivity contribution in [2.24, 2.45) is 0 Å². The summed E-state index contributed by atoms with van der Waals surface area (Å²) in [5.74, 6) is -0.000556. The first-order chi connectivity index (χ1) is 6.53. The van der Waals surface area contributed by atoms with E-state index in [9.17, 15) is 4.79 Å². The molecule has 0 spiro atoms. The second-order valence-electron chi connectivity index (χ2n) is 3.22. The fourth-order valence-corrected chi connectivity index (χ4v) is 2.20. The van der Waals surface area contributed by atoms with Gasteiger partial charge in [0.1, 0.15) is 5.60 Å². The summed E-state index contributed by atoms with van der Waals surface area (Å²) in [6.07, 6.45) is 0.651. The molecule has 1 atom stereocenters. The van der Waals surface area contributed by atoms with E-state index in [2.05, 4.69) is 0 Å². The lowest BCUT2D eigenvalue weighted by Gasteiger charge is -2.23. The van der Waals surface area contributed by atoms with Gasteiger partial charge in [-0.05, 0) is 25.5 Å². The highest BCUT2D eigenvalue weighted by molar-refractivity contribution is 7.18. The third kappa shape index (κ3) is 2.16. The molecule has 1 aromatic rings. The molecule has 0 aromatic carbocycles. The van der Waals surface area contributed by atoms with Crippen LogP contribution >= 0.6 is 22.9 Å². The molecule has 0 aliphatic heterocycles. The van der Waals surface area contributed by atoms with Crippen LogP contribution in [0.4, 0.5) is 0 Å². The summed E-state index contributed by atoms with van der Waals surface area (Å²) in [4.78, 5) is 12.6. The monoisotopic (exact) mass is 232 g/mol. The summed E-state index contributed by atoms with van der Waals surface area (Å²) in [7, 11) is 1.55. The van der Waals surface area contributed by atoms with Crippen molar-refractivity contribution in [3.05, 3.63) is 21.3 Å².